The number of hydrogen-bond acceptors (Lipinski definition) is 5. The van der Waals surface area contributed by atoms with Crippen molar-refractivity contribution in [3.8, 4) is 0 Å². The Morgan fingerprint density at radius 1 is 1.28 bits per heavy atom. The molecular weight excluding hydrogens is 322 g/mol. The van der Waals surface area contributed by atoms with Crippen LogP contribution in [0, 0.1) is 13.8 Å². The van der Waals surface area contributed by atoms with Crippen LogP contribution in [0.3, 0.4) is 0 Å². The maximum Gasteiger partial charge on any atom is 0.249 e. The van der Waals surface area contributed by atoms with Crippen molar-refractivity contribution in [2.24, 2.45) is 0 Å². The van der Waals surface area contributed by atoms with Gasteiger partial charge in [-0.3, -0.25) is 24.5 Å². The highest BCUT2D eigenvalue weighted by Gasteiger charge is 2.31. The Bertz CT molecular complexity index is 755. The number of carbonyl (C=O) groups excluding carboxylic acids is 4. The van der Waals surface area contributed by atoms with E-state index in [0.29, 0.717) is 12.0 Å². The van der Waals surface area contributed by atoms with Crippen molar-refractivity contribution in [1.82, 2.24) is 10.2 Å². The number of carbonyl (C=O) groups is 4. The Balaban J connectivity index is 2.10. The van der Waals surface area contributed by atoms with Gasteiger partial charge in [0, 0.05) is 25.2 Å². The van der Waals surface area contributed by atoms with E-state index in [1.54, 1.807) is 0 Å². The van der Waals surface area contributed by atoms with Crippen molar-refractivity contribution in [3.63, 3.8) is 0 Å². The lowest BCUT2D eigenvalue weighted by Crippen LogP contribution is -2.52. The molecule has 1 fully saturated rings. The Hall–Kier alpha value is -2.96. The standard InChI is InChI=1S/C18H21N3O4/c1-11-4-5-13(8-12(11)2)19-14(10-22)9-17(24)21(3)15-6-7-16(23)20-18(15)25/h4-5,8-10,15,19H,6-7H2,1-3H3,(H,20,23,25)/b14-9+. The molecule has 0 spiro atoms. The average Bonchev–Trinajstić information content (AvgIpc) is 2.56. The second kappa shape index (κ2) is 7.74. The number of anilines is 1. The number of aryl methyl sites for hydroxylation is 2. The minimum Gasteiger partial charge on any atom is -0.353 e. The quantitative estimate of drug-likeness (QED) is 0.473. The second-order valence-corrected chi connectivity index (χ2v) is 6.06. The molecule has 7 nitrogen and oxygen atoms in total. The number of imide groups is 1. The molecule has 132 valence electrons. The summed E-state index contributed by atoms with van der Waals surface area (Å²) in [6.07, 6.45) is 2.14. The first-order valence-corrected chi connectivity index (χ1v) is 7.93. The Kier molecular flexibility index (Phi) is 5.69. The molecule has 1 atom stereocenters. The first-order chi connectivity index (χ1) is 11.8. The van der Waals surface area contributed by atoms with E-state index in [0.717, 1.165) is 17.2 Å². The number of benzene rings is 1. The van der Waals surface area contributed by atoms with Gasteiger partial charge in [-0.15, -0.1) is 0 Å². The van der Waals surface area contributed by atoms with E-state index in [9.17, 15) is 19.2 Å². The van der Waals surface area contributed by atoms with Gasteiger partial charge >= 0.3 is 0 Å². The minimum atomic E-state index is -0.726. The first kappa shape index (κ1) is 18.4. The summed E-state index contributed by atoms with van der Waals surface area (Å²) in [7, 11) is 1.47. The number of allylic oxidation sites excluding steroid dienone is 1. The van der Waals surface area contributed by atoms with Crippen molar-refractivity contribution in [2.75, 3.05) is 12.4 Å². The SMILES string of the molecule is Cc1ccc(N/C(C=O)=C/C(=O)N(C)C2CCC(=O)NC2=O)cc1C. The minimum absolute atomic E-state index is 0.0902. The average molecular weight is 343 g/mol. The Morgan fingerprint density at radius 3 is 2.60 bits per heavy atom. The topological polar surface area (TPSA) is 95.6 Å². The van der Waals surface area contributed by atoms with Crippen molar-refractivity contribution < 1.29 is 19.2 Å². The van der Waals surface area contributed by atoms with Crippen LogP contribution < -0.4 is 10.6 Å². The van der Waals surface area contributed by atoms with Gasteiger partial charge in [0.1, 0.15) is 6.04 Å². The summed E-state index contributed by atoms with van der Waals surface area (Å²) >= 11 is 0. The van der Waals surface area contributed by atoms with Crippen molar-refractivity contribution in [1.29, 1.82) is 0 Å². The normalized spacial score (nSPS) is 17.7. The lowest BCUT2D eigenvalue weighted by Gasteiger charge is -2.29. The Morgan fingerprint density at radius 2 is 2.00 bits per heavy atom. The summed E-state index contributed by atoms with van der Waals surface area (Å²) in [5.74, 6) is -1.34. The van der Waals surface area contributed by atoms with E-state index in [-0.39, 0.29) is 24.4 Å². The van der Waals surface area contributed by atoms with Gasteiger partial charge < -0.3 is 10.2 Å². The van der Waals surface area contributed by atoms with Crippen LogP contribution in [-0.4, -0.2) is 42.0 Å². The van der Waals surface area contributed by atoms with Gasteiger partial charge in [-0.25, -0.2) is 0 Å². The van der Waals surface area contributed by atoms with Crippen LogP contribution >= 0.6 is 0 Å². The molecule has 0 aliphatic carbocycles. The maximum absolute atomic E-state index is 12.3. The summed E-state index contributed by atoms with van der Waals surface area (Å²) in [6, 6.07) is 4.88. The van der Waals surface area contributed by atoms with Gasteiger partial charge in [0.05, 0.1) is 5.70 Å². The van der Waals surface area contributed by atoms with E-state index in [1.165, 1.54) is 11.9 Å². The molecule has 3 amide bonds. The van der Waals surface area contributed by atoms with Gasteiger partial charge in [-0.2, -0.15) is 0 Å². The van der Waals surface area contributed by atoms with Crippen molar-refractivity contribution in [3.05, 3.63) is 41.1 Å². The fourth-order valence-electron chi connectivity index (χ4n) is 2.53. The highest BCUT2D eigenvalue weighted by molar-refractivity contribution is 6.03. The van der Waals surface area contributed by atoms with Crippen LogP contribution in [0.4, 0.5) is 5.69 Å². The molecule has 2 N–H and O–H groups in total. The van der Waals surface area contributed by atoms with Crippen LogP contribution in [0.1, 0.15) is 24.0 Å². The third-order valence-electron chi connectivity index (χ3n) is 4.23. The highest BCUT2D eigenvalue weighted by atomic mass is 16.2. The molecular formula is C18H21N3O4. The molecule has 2 rings (SSSR count). The molecule has 1 unspecified atom stereocenters. The van der Waals surface area contributed by atoms with Gasteiger partial charge in [-0.05, 0) is 43.5 Å². The number of likely N-dealkylation sites (N-methyl/N-ethyl adjacent to an activating group) is 1. The molecule has 1 aromatic rings. The Labute approximate surface area is 146 Å². The number of nitrogens with one attached hydrogen (secondary N) is 2. The first-order valence-electron chi connectivity index (χ1n) is 7.93. The molecule has 0 bridgehead atoms. The van der Waals surface area contributed by atoms with E-state index >= 15 is 0 Å². The lowest BCUT2D eigenvalue weighted by atomic mass is 10.0. The predicted molar refractivity (Wildman–Crippen MR) is 92.6 cm³/mol. The molecule has 0 aromatic heterocycles. The molecule has 0 saturated carbocycles. The van der Waals surface area contributed by atoms with Gasteiger partial charge in [0.25, 0.3) is 0 Å². The maximum atomic E-state index is 12.3. The number of nitrogens with zero attached hydrogens (tertiary/aromatic N) is 1. The zero-order chi connectivity index (χ0) is 18.6. The van der Waals surface area contributed by atoms with Gasteiger partial charge in [0.15, 0.2) is 6.29 Å². The smallest absolute Gasteiger partial charge is 0.249 e. The largest absolute Gasteiger partial charge is 0.353 e. The number of amides is 3. The van der Waals surface area contributed by atoms with Crippen LogP contribution in [0.15, 0.2) is 30.0 Å². The van der Waals surface area contributed by atoms with Crippen molar-refractivity contribution in [2.45, 2.75) is 32.7 Å². The lowest BCUT2D eigenvalue weighted by molar-refractivity contribution is -0.142. The third-order valence-corrected chi connectivity index (χ3v) is 4.23. The molecule has 1 saturated heterocycles. The number of hydrogen-bond donors (Lipinski definition) is 2. The predicted octanol–water partition coefficient (Wildman–Crippen LogP) is 1.06. The molecule has 1 aliphatic rings. The molecule has 25 heavy (non-hydrogen) atoms. The van der Waals surface area contributed by atoms with Crippen LogP contribution in [-0.2, 0) is 19.2 Å². The zero-order valence-corrected chi connectivity index (χ0v) is 14.5. The van der Waals surface area contributed by atoms with E-state index < -0.39 is 17.9 Å². The summed E-state index contributed by atoms with van der Waals surface area (Å²) < 4.78 is 0. The molecule has 0 radical (unpaired) electrons. The fourth-order valence-corrected chi connectivity index (χ4v) is 2.53. The van der Waals surface area contributed by atoms with E-state index in [1.807, 2.05) is 32.0 Å². The molecule has 1 aliphatic heterocycles. The number of piperidine rings is 1. The number of rotatable bonds is 5. The summed E-state index contributed by atoms with van der Waals surface area (Å²) in [5, 5.41) is 5.10. The third kappa shape index (κ3) is 4.53. The molecule has 1 heterocycles. The zero-order valence-electron chi connectivity index (χ0n) is 14.5. The summed E-state index contributed by atoms with van der Waals surface area (Å²) in [4.78, 5) is 47.9. The van der Waals surface area contributed by atoms with E-state index in [4.69, 9.17) is 0 Å². The fraction of sp³-hybridized carbons (Fsp3) is 0.333. The highest BCUT2D eigenvalue weighted by Crippen LogP contribution is 2.16. The monoisotopic (exact) mass is 343 g/mol. The van der Waals surface area contributed by atoms with Crippen LogP contribution in [0.25, 0.3) is 0 Å². The van der Waals surface area contributed by atoms with Crippen LogP contribution in [0.5, 0.6) is 0 Å². The van der Waals surface area contributed by atoms with Crippen molar-refractivity contribution >= 4 is 29.7 Å². The van der Waals surface area contributed by atoms with Gasteiger partial charge in [0.2, 0.25) is 17.7 Å². The van der Waals surface area contributed by atoms with Gasteiger partial charge in [-0.1, -0.05) is 6.07 Å². The van der Waals surface area contributed by atoms with Crippen LogP contribution in [0.2, 0.25) is 0 Å². The van der Waals surface area contributed by atoms with E-state index in [2.05, 4.69) is 10.6 Å². The second-order valence-electron chi connectivity index (χ2n) is 6.06. The molecule has 1 aromatic carbocycles. The number of aldehydes is 1. The summed E-state index contributed by atoms with van der Waals surface area (Å²) in [5.41, 5.74) is 2.96. The molecule has 7 heteroatoms. The summed E-state index contributed by atoms with van der Waals surface area (Å²) in [6.45, 7) is 3.93.